The molecule has 2 aromatic carbocycles. The van der Waals surface area contributed by atoms with E-state index >= 15 is 0 Å². The number of carbonyl (C=O) groups is 3. The predicted molar refractivity (Wildman–Crippen MR) is 115 cm³/mol. The first-order valence-electron chi connectivity index (χ1n) is 10.5. The molecule has 4 rings (SSSR count). The smallest absolute Gasteiger partial charge is 0.303 e. The Labute approximate surface area is 193 Å². The van der Waals surface area contributed by atoms with Crippen molar-refractivity contribution in [3.8, 4) is 11.5 Å². The minimum absolute atomic E-state index is 0.00140. The first-order chi connectivity index (χ1) is 16.2. The summed E-state index contributed by atoms with van der Waals surface area (Å²) in [5.74, 6) is -2.43. The number of benzene rings is 2. The molecule has 2 aliphatic rings. The molecule has 11 heteroatoms. The van der Waals surface area contributed by atoms with Crippen molar-refractivity contribution >= 4 is 17.5 Å². The molecule has 0 radical (unpaired) electrons. The number of hydrogen-bond donors (Lipinski definition) is 2. The molecule has 0 bridgehead atoms. The minimum atomic E-state index is -0.814. The van der Waals surface area contributed by atoms with Gasteiger partial charge in [-0.1, -0.05) is 17.2 Å². The Morgan fingerprint density at radius 3 is 2.62 bits per heavy atom. The predicted octanol–water partition coefficient (Wildman–Crippen LogP) is 3.14. The van der Waals surface area contributed by atoms with Gasteiger partial charge >= 0.3 is 5.97 Å². The molecule has 1 unspecified atom stereocenters. The van der Waals surface area contributed by atoms with Gasteiger partial charge in [0.25, 0.3) is 0 Å². The molecule has 0 spiro atoms. The van der Waals surface area contributed by atoms with Gasteiger partial charge in [0.1, 0.15) is 17.6 Å². The van der Waals surface area contributed by atoms with Gasteiger partial charge in [0.05, 0.1) is 29.9 Å². The number of azide groups is 1. The van der Waals surface area contributed by atoms with E-state index in [4.69, 9.17) is 19.7 Å². The van der Waals surface area contributed by atoms with Crippen LogP contribution in [0.15, 0.2) is 35.4 Å². The Morgan fingerprint density at radius 2 is 1.91 bits per heavy atom. The Bertz CT molecular complexity index is 1240. The molecule has 1 saturated heterocycles. The Hall–Kier alpha value is -3.92. The van der Waals surface area contributed by atoms with Crippen LogP contribution in [0.5, 0.6) is 11.5 Å². The topological polar surface area (TPSA) is 168 Å². The third-order valence-corrected chi connectivity index (χ3v) is 5.74. The summed E-state index contributed by atoms with van der Waals surface area (Å²) in [6, 6.07) is 6.24. The van der Waals surface area contributed by atoms with E-state index < -0.39 is 47.8 Å². The molecule has 0 aromatic heterocycles. The lowest BCUT2D eigenvalue weighted by Crippen LogP contribution is -2.48. The van der Waals surface area contributed by atoms with Crippen LogP contribution in [0.1, 0.15) is 57.7 Å². The molecule has 34 heavy (non-hydrogen) atoms. The van der Waals surface area contributed by atoms with E-state index in [0.717, 1.165) is 0 Å². The molecule has 2 aromatic rings. The molecule has 176 valence electrons. The summed E-state index contributed by atoms with van der Waals surface area (Å²) in [5.41, 5.74) is 8.99. The quantitative estimate of drug-likeness (QED) is 0.250. The molecule has 4 atom stereocenters. The number of carbonyl (C=O) groups excluding carboxylic acids is 3. The number of hydrogen-bond acceptors (Lipinski definition) is 9. The van der Waals surface area contributed by atoms with Crippen LogP contribution < -0.4 is 0 Å². The summed E-state index contributed by atoms with van der Waals surface area (Å²) in [4.78, 5) is 40.0. The monoisotopic (exact) mass is 467 g/mol. The maximum atomic E-state index is 13.0. The van der Waals surface area contributed by atoms with E-state index in [1.54, 1.807) is 6.92 Å². The van der Waals surface area contributed by atoms with Gasteiger partial charge in [0, 0.05) is 29.4 Å². The summed E-state index contributed by atoms with van der Waals surface area (Å²) >= 11 is 0. The third kappa shape index (κ3) is 4.19. The van der Waals surface area contributed by atoms with E-state index in [2.05, 4.69) is 10.0 Å². The van der Waals surface area contributed by atoms with Crippen molar-refractivity contribution in [3.63, 3.8) is 0 Å². The summed E-state index contributed by atoms with van der Waals surface area (Å²) in [5, 5.41) is 24.2. The van der Waals surface area contributed by atoms with Crippen LogP contribution in [0.2, 0.25) is 0 Å². The number of phenolic OH excluding ortho intramolecular Hbond substituents is 2. The first-order valence-corrected chi connectivity index (χ1v) is 10.5. The molecule has 1 fully saturated rings. The van der Waals surface area contributed by atoms with E-state index in [0.29, 0.717) is 5.56 Å². The molecule has 11 nitrogen and oxygen atoms in total. The maximum absolute atomic E-state index is 13.0. The van der Waals surface area contributed by atoms with Crippen LogP contribution in [0.3, 0.4) is 0 Å². The average molecular weight is 467 g/mol. The van der Waals surface area contributed by atoms with Gasteiger partial charge in [-0.15, -0.1) is 0 Å². The van der Waals surface area contributed by atoms with Crippen molar-refractivity contribution in [3.05, 3.63) is 68.6 Å². The van der Waals surface area contributed by atoms with Gasteiger partial charge < -0.3 is 24.4 Å². The van der Waals surface area contributed by atoms with Crippen molar-refractivity contribution in [2.24, 2.45) is 5.11 Å². The second kappa shape index (κ2) is 9.14. The summed E-state index contributed by atoms with van der Waals surface area (Å²) < 4.78 is 16.7. The number of fused-ring (bicyclic) bond motifs is 2. The summed E-state index contributed by atoms with van der Waals surface area (Å²) in [6.45, 7) is 2.81. The van der Waals surface area contributed by atoms with Crippen LogP contribution in [-0.2, 0) is 25.6 Å². The maximum Gasteiger partial charge on any atom is 0.303 e. The standard InChI is InChI=1S/C23H21N3O8/c1-10-23(34-11(2)27)15(25-26-24)8-18(33-10)32-9-12-6-14-20(17(29)7-12)22(31)19-13(21(14)30)4-3-5-16(19)28/h3-7,10,15,18,23,28-29H,8-9H2,1-2H3/t10?,15-,18-,23+/m1/s1. The van der Waals surface area contributed by atoms with Crippen LogP contribution in [0.25, 0.3) is 10.4 Å². The highest BCUT2D eigenvalue weighted by atomic mass is 16.7. The molecular weight excluding hydrogens is 446 g/mol. The number of phenols is 2. The lowest BCUT2D eigenvalue weighted by atomic mass is 9.82. The van der Waals surface area contributed by atoms with Gasteiger partial charge in [-0.25, -0.2) is 0 Å². The Kier molecular flexibility index (Phi) is 6.25. The molecule has 2 N–H and O–H groups in total. The van der Waals surface area contributed by atoms with E-state index in [1.165, 1.54) is 37.3 Å². The number of ether oxygens (including phenoxy) is 3. The SMILES string of the molecule is CC(=O)O[C@H]1C(C)O[C@@H](OCc2cc(O)c3c(c2)C(=O)c2cccc(O)c2C3=O)C[C@H]1N=[N+]=[N-]. The number of ketones is 2. The van der Waals surface area contributed by atoms with Gasteiger partial charge in [-0.2, -0.15) is 0 Å². The zero-order chi connectivity index (χ0) is 24.6. The highest BCUT2D eigenvalue weighted by Crippen LogP contribution is 2.37. The van der Waals surface area contributed by atoms with Crippen LogP contribution in [0.4, 0.5) is 0 Å². The van der Waals surface area contributed by atoms with Crippen LogP contribution in [-0.4, -0.2) is 52.3 Å². The number of esters is 1. The molecule has 0 saturated carbocycles. The molecule has 1 aliphatic carbocycles. The third-order valence-electron chi connectivity index (χ3n) is 5.74. The minimum Gasteiger partial charge on any atom is -0.507 e. The first kappa shape index (κ1) is 23.2. The van der Waals surface area contributed by atoms with Gasteiger partial charge in [-0.3, -0.25) is 14.4 Å². The second-order valence-electron chi connectivity index (χ2n) is 8.06. The fourth-order valence-electron chi connectivity index (χ4n) is 4.28. The fourth-order valence-corrected chi connectivity index (χ4v) is 4.28. The van der Waals surface area contributed by atoms with Gasteiger partial charge in [0.2, 0.25) is 5.78 Å². The average Bonchev–Trinajstić information content (AvgIpc) is 2.77. The van der Waals surface area contributed by atoms with Gasteiger partial charge in [-0.05, 0) is 36.2 Å². The van der Waals surface area contributed by atoms with Crippen LogP contribution in [0, 0.1) is 0 Å². The zero-order valence-corrected chi connectivity index (χ0v) is 18.3. The van der Waals surface area contributed by atoms with E-state index in [-0.39, 0.29) is 41.0 Å². The Balaban J connectivity index is 1.54. The van der Waals surface area contributed by atoms with Crippen molar-refractivity contribution in [2.75, 3.05) is 0 Å². The largest absolute Gasteiger partial charge is 0.507 e. The number of nitrogens with zero attached hydrogens (tertiary/aromatic N) is 3. The molecular formula is C23H21N3O8. The fraction of sp³-hybridized carbons (Fsp3) is 0.348. The second-order valence-corrected chi connectivity index (χ2v) is 8.06. The lowest BCUT2D eigenvalue weighted by Gasteiger charge is -2.37. The van der Waals surface area contributed by atoms with Crippen LogP contribution >= 0.6 is 0 Å². The van der Waals surface area contributed by atoms with E-state index in [1.807, 2.05) is 0 Å². The van der Waals surface area contributed by atoms with Crippen molar-refractivity contribution in [1.29, 1.82) is 0 Å². The number of rotatable bonds is 5. The van der Waals surface area contributed by atoms with E-state index in [9.17, 15) is 24.6 Å². The number of aromatic hydroxyl groups is 2. The van der Waals surface area contributed by atoms with Gasteiger partial charge in [0.15, 0.2) is 12.1 Å². The van der Waals surface area contributed by atoms with Crippen molar-refractivity contribution < 1.29 is 38.8 Å². The normalized spacial score (nSPS) is 23.5. The molecule has 1 aliphatic heterocycles. The summed E-state index contributed by atoms with van der Waals surface area (Å²) in [7, 11) is 0. The highest BCUT2D eigenvalue weighted by Gasteiger charge is 2.39. The molecule has 0 amide bonds. The molecule has 1 heterocycles. The highest BCUT2D eigenvalue weighted by molar-refractivity contribution is 6.30. The zero-order valence-electron chi connectivity index (χ0n) is 18.3. The summed E-state index contributed by atoms with van der Waals surface area (Å²) in [6.07, 6.45) is -2.07. The van der Waals surface area contributed by atoms with Crippen molar-refractivity contribution in [1.82, 2.24) is 0 Å². The van der Waals surface area contributed by atoms with Crippen molar-refractivity contribution in [2.45, 2.75) is 51.4 Å². The Morgan fingerprint density at radius 1 is 1.18 bits per heavy atom. The lowest BCUT2D eigenvalue weighted by molar-refractivity contribution is -0.233.